The largest absolute Gasteiger partial charge is 0.379 e. The van der Waals surface area contributed by atoms with Gasteiger partial charge in [-0.3, -0.25) is 4.90 Å². The molecule has 23 heavy (non-hydrogen) atoms. The fourth-order valence-electron chi connectivity index (χ4n) is 3.04. The quantitative estimate of drug-likeness (QED) is 0.746. The van der Waals surface area contributed by atoms with Crippen LogP contribution in [0, 0.1) is 6.92 Å². The van der Waals surface area contributed by atoms with Crippen molar-refractivity contribution in [1.82, 2.24) is 19.9 Å². The van der Waals surface area contributed by atoms with E-state index in [1.165, 1.54) is 11.1 Å². The van der Waals surface area contributed by atoms with Crippen molar-refractivity contribution in [1.29, 1.82) is 0 Å². The number of benzene rings is 2. The molecule has 0 radical (unpaired) electrons. The number of hydrogen-bond donors (Lipinski definition) is 0. The van der Waals surface area contributed by atoms with Gasteiger partial charge in [0, 0.05) is 13.1 Å². The van der Waals surface area contributed by atoms with Crippen molar-refractivity contribution in [2.24, 2.45) is 0 Å². The molecule has 1 aromatic heterocycles. The Morgan fingerprint density at radius 3 is 2.13 bits per heavy atom. The molecule has 0 spiro atoms. The first kappa shape index (κ1) is 14.4. The average molecular weight is 308 g/mol. The highest BCUT2D eigenvalue weighted by atomic mass is 16.5. The second-order valence-corrected chi connectivity index (χ2v) is 5.94. The van der Waals surface area contributed by atoms with Gasteiger partial charge in [0.25, 0.3) is 0 Å². The van der Waals surface area contributed by atoms with Gasteiger partial charge >= 0.3 is 0 Å². The molecule has 0 saturated carbocycles. The Hall–Kier alpha value is -2.24. The molecule has 1 atom stereocenters. The molecule has 0 amide bonds. The Bertz CT molecular complexity index is 757. The van der Waals surface area contributed by atoms with Crippen molar-refractivity contribution < 1.29 is 4.74 Å². The lowest BCUT2D eigenvalue weighted by Crippen LogP contribution is -2.42. The maximum atomic E-state index is 5.51. The fourth-order valence-corrected chi connectivity index (χ4v) is 3.04. The SMILES string of the molecule is Cc1ccc(C(N2CCOCC2)n2nc3ccccc3n2)cc1. The van der Waals surface area contributed by atoms with Crippen LogP contribution in [0.5, 0.6) is 0 Å². The van der Waals surface area contributed by atoms with Gasteiger partial charge in [-0.05, 0) is 24.6 Å². The van der Waals surface area contributed by atoms with Crippen LogP contribution in [-0.2, 0) is 4.74 Å². The first-order valence-corrected chi connectivity index (χ1v) is 8.01. The van der Waals surface area contributed by atoms with Crippen LogP contribution in [-0.4, -0.2) is 46.2 Å². The van der Waals surface area contributed by atoms with Crippen molar-refractivity contribution in [3.05, 3.63) is 59.7 Å². The van der Waals surface area contributed by atoms with E-state index in [9.17, 15) is 0 Å². The van der Waals surface area contributed by atoms with Gasteiger partial charge in [0.2, 0.25) is 0 Å². The van der Waals surface area contributed by atoms with Crippen LogP contribution in [0.15, 0.2) is 48.5 Å². The van der Waals surface area contributed by atoms with E-state index in [0.717, 1.165) is 37.3 Å². The molecule has 1 fully saturated rings. The Kier molecular flexibility index (Phi) is 3.81. The molecule has 0 bridgehead atoms. The van der Waals surface area contributed by atoms with E-state index in [1.807, 2.05) is 29.1 Å². The van der Waals surface area contributed by atoms with Gasteiger partial charge in [-0.2, -0.15) is 15.0 Å². The summed E-state index contributed by atoms with van der Waals surface area (Å²) in [5.74, 6) is 0. The third-order valence-electron chi connectivity index (χ3n) is 4.29. The second kappa shape index (κ2) is 6.10. The number of ether oxygens (including phenoxy) is 1. The van der Waals surface area contributed by atoms with E-state index in [4.69, 9.17) is 14.9 Å². The first-order valence-electron chi connectivity index (χ1n) is 8.01. The standard InChI is InChI=1S/C18H20N4O/c1-14-6-8-15(9-7-14)18(21-10-12-23-13-11-21)22-19-16-4-2-3-5-17(16)20-22/h2-9,18H,10-13H2,1H3. The van der Waals surface area contributed by atoms with E-state index in [2.05, 4.69) is 36.1 Å². The number of morpholine rings is 1. The molecule has 0 N–H and O–H groups in total. The molecule has 118 valence electrons. The minimum Gasteiger partial charge on any atom is -0.379 e. The average Bonchev–Trinajstić information content (AvgIpc) is 3.01. The molecule has 5 heteroatoms. The summed E-state index contributed by atoms with van der Waals surface area (Å²) in [4.78, 5) is 4.23. The van der Waals surface area contributed by atoms with Crippen molar-refractivity contribution in [3.8, 4) is 0 Å². The van der Waals surface area contributed by atoms with E-state index in [1.54, 1.807) is 0 Å². The van der Waals surface area contributed by atoms with Crippen molar-refractivity contribution in [2.45, 2.75) is 13.1 Å². The van der Waals surface area contributed by atoms with Crippen LogP contribution in [0.1, 0.15) is 17.3 Å². The summed E-state index contributed by atoms with van der Waals surface area (Å²) in [6.45, 7) is 5.38. The Morgan fingerprint density at radius 2 is 1.52 bits per heavy atom. The van der Waals surface area contributed by atoms with Crippen LogP contribution in [0.4, 0.5) is 0 Å². The predicted molar refractivity (Wildman–Crippen MR) is 89.2 cm³/mol. The van der Waals surface area contributed by atoms with Gasteiger partial charge in [0.1, 0.15) is 17.2 Å². The molecular formula is C18H20N4O. The zero-order chi connectivity index (χ0) is 15.6. The molecular weight excluding hydrogens is 288 g/mol. The minimum absolute atomic E-state index is 0.00639. The molecule has 1 saturated heterocycles. The lowest BCUT2D eigenvalue weighted by Gasteiger charge is -2.33. The number of aryl methyl sites for hydroxylation is 1. The predicted octanol–water partition coefficient (Wildman–Crippen LogP) is 2.62. The maximum Gasteiger partial charge on any atom is 0.150 e. The normalized spacial score (nSPS) is 17.4. The third kappa shape index (κ3) is 2.85. The van der Waals surface area contributed by atoms with Crippen molar-refractivity contribution >= 4 is 11.0 Å². The van der Waals surface area contributed by atoms with Crippen LogP contribution < -0.4 is 0 Å². The molecule has 1 aliphatic heterocycles. The van der Waals surface area contributed by atoms with Gasteiger partial charge in [-0.15, -0.1) is 0 Å². The topological polar surface area (TPSA) is 43.2 Å². The number of aromatic nitrogens is 3. The minimum atomic E-state index is 0.00639. The van der Waals surface area contributed by atoms with Crippen LogP contribution in [0.3, 0.4) is 0 Å². The molecule has 2 aromatic carbocycles. The summed E-state index contributed by atoms with van der Waals surface area (Å²) in [5.41, 5.74) is 4.32. The van der Waals surface area contributed by atoms with Crippen LogP contribution in [0.25, 0.3) is 11.0 Å². The third-order valence-corrected chi connectivity index (χ3v) is 4.29. The van der Waals surface area contributed by atoms with E-state index in [-0.39, 0.29) is 6.17 Å². The molecule has 3 aromatic rings. The van der Waals surface area contributed by atoms with Gasteiger partial charge in [-0.1, -0.05) is 42.0 Å². The first-order chi connectivity index (χ1) is 11.3. The summed E-state index contributed by atoms with van der Waals surface area (Å²) in [5, 5.41) is 9.42. The summed E-state index contributed by atoms with van der Waals surface area (Å²) < 4.78 is 5.51. The summed E-state index contributed by atoms with van der Waals surface area (Å²) in [6, 6.07) is 16.6. The molecule has 5 nitrogen and oxygen atoms in total. The van der Waals surface area contributed by atoms with Gasteiger partial charge < -0.3 is 4.74 Å². The molecule has 2 heterocycles. The van der Waals surface area contributed by atoms with E-state index >= 15 is 0 Å². The summed E-state index contributed by atoms with van der Waals surface area (Å²) in [6.07, 6.45) is 0.00639. The number of nitrogens with zero attached hydrogens (tertiary/aromatic N) is 4. The van der Waals surface area contributed by atoms with Crippen molar-refractivity contribution in [2.75, 3.05) is 26.3 Å². The molecule has 4 rings (SSSR count). The zero-order valence-electron chi connectivity index (χ0n) is 13.2. The Morgan fingerprint density at radius 1 is 0.913 bits per heavy atom. The van der Waals surface area contributed by atoms with E-state index in [0.29, 0.717) is 0 Å². The van der Waals surface area contributed by atoms with Gasteiger partial charge in [0.15, 0.2) is 0 Å². The second-order valence-electron chi connectivity index (χ2n) is 5.94. The highest BCUT2D eigenvalue weighted by molar-refractivity contribution is 5.73. The highest BCUT2D eigenvalue weighted by Gasteiger charge is 2.26. The lowest BCUT2D eigenvalue weighted by atomic mass is 10.1. The van der Waals surface area contributed by atoms with E-state index < -0.39 is 0 Å². The van der Waals surface area contributed by atoms with Crippen LogP contribution in [0.2, 0.25) is 0 Å². The molecule has 0 aliphatic carbocycles. The van der Waals surface area contributed by atoms with Gasteiger partial charge in [0.05, 0.1) is 13.2 Å². The Balaban J connectivity index is 1.78. The molecule has 1 aliphatic rings. The molecule has 1 unspecified atom stereocenters. The zero-order valence-corrected chi connectivity index (χ0v) is 13.2. The Labute approximate surface area is 135 Å². The maximum absolute atomic E-state index is 5.51. The number of fused-ring (bicyclic) bond motifs is 1. The fraction of sp³-hybridized carbons (Fsp3) is 0.333. The number of rotatable bonds is 3. The summed E-state index contributed by atoms with van der Waals surface area (Å²) >= 11 is 0. The highest BCUT2D eigenvalue weighted by Crippen LogP contribution is 2.24. The lowest BCUT2D eigenvalue weighted by molar-refractivity contribution is 0.00325. The van der Waals surface area contributed by atoms with Crippen molar-refractivity contribution in [3.63, 3.8) is 0 Å². The number of hydrogen-bond acceptors (Lipinski definition) is 4. The monoisotopic (exact) mass is 308 g/mol. The smallest absolute Gasteiger partial charge is 0.150 e. The summed E-state index contributed by atoms with van der Waals surface area (Å²) in [7, 11) is 0. The van der Waals surface area contributed by atoms with Gasteiger partial charge in [-0.25, -0.2) is 0 Å². The van der Waals surface area contributed by atoms with Crippen LogP contribution >= 0.6 is 0 Å².